The minimum absolute atomic E-state index is 0.167. The molecule has 0 saturated heterocycles. The lowest BCUT2D eigenvalue weighted by molar-refractivity contribution is -0.131. The molecule has 0 bridgehead atoms. The third-order valence-corrected chi connectivity index (χ3v) is 1.19. The zero-order valence-electron chi connectivity index (χ0n) is 6.07. The van der Waals surface area contributed by atoms with E-state index in [-0.39, 0.29) is 5.56 Å². The van der Waals surface area contributed by atoms with E-state index in [1.807, 2.05) is 0 Å². The van der Waals surface area contributed by atoms with Gasteiger partial charge in [-0.05, 0) is 12.1 Å². The highest BCUT2D eigenvalue weighted by atomic mass is 19.1. The van der Waals surface area contributed by atoms with Crippen molar-refractivity contribution in [1.29, 1.82) is 0 Å². The molecule has 0 spiro atoms. The summed E-state index contributed by atoms with van der Waals surface area (Å²) in [6.45, 7) is 0. The van der Waals surface area contributed by atoms with Crippen molar-refractivity contribution in [3.63, 3.8) is 0 Å². The molecule has 0 fully saturated rings. The van der Waals surface area contributed by atoms with Gasteiger partial charge < -0.3 is 5.11 Å². The largest absolute Gasteiger partial charge is 0.478 e. The summed E-state index contributed by atoms with van der Waals surface area (Å²) in [4.78, 5) is 13.7. The van der Waals surface area contributed by atoms with E-state index in [1.54, 1.807) is 0 Å². The Morgan fingerprint density at radius 3 is 2.92 bits per heavy atom. The number of nitrogens with zero attached hydrogens (tertiary/aromatic N) is 1. The summed E-state index contributed by atoms with van der Waals surface area (Å²) in [6, 6.07) is 2.98. The highest BCUT2D eigenvalue weighted by Gasteiger charge is 2.01. The molecule has 0 aliphatic heterocycles. The van der Waals surface area contributed by atoms with Crippen LogP contribution < -0.4 is 0 Å². The van der Waals surface area contributed by atoms with Gasteiger partial charge in [0.15, 0.2) is 0 Å². The van der Waals surface area contributed by atoms with Crippen molar-refractivity contribution in [1.82, 2.24) is 4.98 Å². The van der Waals surface area contributed by atoms with Crippen LogP contribution in [0.5, 0.6) is 0 Å². The van der Waals surface area contributed by atoms with Crippen LogP contribution >= 0.6 is 0 Å². The Bertz CT molecular complexity index is 308. The Morgan fingerprint density at radius 2 is 2.42 bits per heavy atom. The average molecular weight is 167 g/mol. The van der Waals surface area contributed by atoms with Gasteiger partial charge in [-0.3, -0.25) is 4.98 Å². The first-order valence-electron chi connectivity index (χ1n) is 3.20. The number of pyridine rings is 1. The number of carboxylic acid groups (broad SMARTS) is 1. The molecule has 0 aromatic carbocycles. The Hall–Kier alpha value is -1.71. The molecular weight excluding hydrogens is 161 g/mol. The maximum absolute atomic E-state index is 12.8. The molecule has 62 valence electrons. The third-order valence-electron chi connectivity index (χ3n) is 1.19. The molecule has 3 nitrogen and oxygen atoms in total. The van der Waals surface area contributed by atoms with Gasteiger partial charge >= 0.3 is 5.97 Å². The van der Waals surface area contributed by atoms with Crippen LogP contribution in [-0.2, 0) is 4.79 Å². The number of aromatic nitrogens is 1. The molecular formula is C8H6FNO2. The number of aliphatic carboxylic acids is 1. The maximum atomic E-state index is 12.8. The van der Waals surface area contributed by atoms with Gasteiger partial charge in [0.2, 0.25) is 0 Å². The van der Waals surface area contributed by atoms with E-state index in [2.05, 4.69) is 4.98 Å². The van der Waals surface area contributed by atoms with Crippen LogP contribution in [0.25, 0.3) is 5.83 Å². The van der Waals surface area contributed by atoms with Gasteiger partial charge in [0.1, 0.15) is 5.83 Å². The molecule has 1 heterocycles. The van der Waals surface area contributed by atoms with Gasteiger partial charge in [-0.25, -0.2) is 9.18 Å². The molecule has 12 heavy (non-hydrogen) atoms. The molecule has 1 aromatic rings. The quantitative estimate of drug-likeness (QED) is 0.678. The van der Waals surface area contributed by atoms with Crippen LogP contribution in [0.4, 0.5) is 4.39 Å². The van der Waals surface area contributed by atoms with Crippen molar-refractivity contribution >= 4 is 11.8 Å². The summed E-state index contributed by atoms with van der Waals surface area (Å²) >= 11 is 0. The zero-order chi connectivity index (χ0) is 8.97. The van der Waals surface area contributed by atoms with Gasteiger partial charge in [0.05, 0.1) is 6.08 Å². The number of carboxylic acids is 1. The van der Waals surface area contributed by atoms with Crippen LogP contribution in [0.2, 0.25) is 0 Å². The van der Waals surface area contributed by atoms with Gasteiger partial charge in [0, 0.05) is 18.0 Å². The molecule has 0 saturated carbocycles. The smallest absolute Gasteiger partial charge is 0.331 e. The van der Waals surface area contributed by atoms with Crippen molar-refractivity contribution in [2.24, 2.45) is 0 Å². The Kier molecular flexibility index (Phi) is 2.53. The van der Waals surface area contributed by atoms with E-state index in [4.69, 9.17) is 5.11 Å². The topological polar surface area (TPSA) is 50.2 Å². The molecule has 0 radical (unpaired) electrons. The van der Waals surface area contributed by atoms with Crippen molar-refractivity contribution in [3.8, 4) is 0 Å². The van der Waals surface area contributed by atoms with E-state index >= 15 is 0 Å². The lowest BCUT2D eigenvalue weighted by Crippen LogP contribution is -1.89. The maximum Gasteiger partial charge on any atom is 0.331 e. The van der Waals surface area contributed by atoms with E-state index in [0.29, 0.717) is 6.08 Å². The summed E-state index contributed by atoms with van der Waals surface area (Å²) in [5.41, 5.74) is 0.167. The SMILES string of the molecule is O=C(O)/C=C(\F)c1cccnc1. The Morgan fingerprint density at radius 1 is 1.67 bits per heavy atom. The summed E-state index contributed by atoms with van der Waals surface area (Å²) in [5, 5.41) is 8.21. The molecule has 0 aliphatic carbocycles. The van der Waals surface area contributed by atoms with E-state index in [1.165, 1.54) is 24.5 Å². The van der Waals surface area contributed by atoms with Crippen molar-refractivity contribution in [2.45, 2.75) is 0 Å². The fourth-order valence-electron chi connectivity index (χ4n) is 0.696. The number of rotatable bonds is 2. The van der Waals surface area contributed by atoms with Crippen LogP contribution in [0.1, 0.15) is 5.56 Å². The molecule has 1 rings (SSSR count). The van der Waals surface area contributed by atoms with Crippen LogP contribution in [0.15, 0.2) is 30.6 Å². The van der Waals surface area contributed by atoms with E-state index in [0.717, 1.165) is 0 Å². The molecule has 4 heteroatoms. The van der Waals surface area contributed by atoms with Gasteiger partial charge in [-0.15, -0.1) is 0 Å². The second-order valence-corrected chi connectivity index (χ2v) is 2.07. The minimum Gasteiger partial charge on any atom is -0.478 e. The number of halogens is 1. The molecule has 0 aliphatic rings. The van der Waals surface area contributed by atoms with Crippen molar-refractivity contribution in [3.05, 3.63) is 36.2 Å². The average Bonchev–Trinajstić information content (AvgIpc) is 2.05. The first kappa shape index (κ1) is 8.39. The molecule has 0 atom stereocenters. The third kappa shape index (κ3) is 2.16. The van der Waals surface area contributed by atoms with E-state index < -0.39 is 11.8 Å². The molecule has 1 N–H and O–H groups in total. The number of hydrogen-bond acceptors (Lipinski definition) is 2. The lowest BCUT2D eigenvalue weighted by atomic mass is 10.2. The lowest BCUT2D eigenvalue weighted by Gasteiger charge is -1.93. The zero-order valence-corrected chi connectivity index (χ0v) is 6.07. The highest BCUT2D eigenvalue weighted by molar-refractivity contribution is 5.87. The monoisotopic (exact) mass is 167 g/mol. The normalized spacial score (nSPS) is 11.2. The standard InChI is InChI=1S/C8H6FNO2/c9-7(4-8(11)12)6-2-1-3-10-5-6/h1-5H,(H,11,12)/b7-4-. The first-order valence-corrected chi connectivity index (χ1v) is 3.20. The fourth-order valence-corrected chi connectivity index (χ4v) is 0.696. The van der Waals surface area contributed by atoms with Gasteiger partial charge in [-0.2, -0.15) is 0 Å². The second-order valence-electron chi connectivity index (χ2n) is 2.07. The first-order chi connectivity index (χ1) is 5.70. The molecule has 0 unspecified atom stereocenters. The summed E-state index contributed by atoms with van der Waals surface area (Å²) < 4.78 is 12.8. The van der Waals surface area contributed by atoms with Gasteiger partial charge in [-0.1, -0.05) is 0 Å². The van der Waals surface area contributed by atoms with Crippen LogP contribution in [0.3, 0.4) is 0 Å². The Balaban J connectivity index is 2.93. The van der Waals surface area contributed by atoms with Crippen molar-refractivity contribution in [2.75, 3.05) is 0 Å². The molecule has 1 aromatic heterocycles. The molecule has 0 amide bonds. The van der Waals surface area contributed by atoms with Crippen LogP contribution in [0, 0.1) is 0 Å². The number of carbonyl (C=O) groups is 1. The highest BCUT2D eigenvalue weighted by Crippen LogP contribution is 2.12. The van der Waals surface area contributed by atoms with E-state index in [9.17, 15) is 9.18 Å². The summed E-state index contributed by atoms with van der Waals surface area (Å²) in [7, 11) is 0. The fraction of sp³-hybridized carbons (Fsp3) is 0. The van der Waals surface area contributed by atoms with Crippen molar-refractivity contribution < 1.29 is 14.3 Å². The predicted octanol–water partition coefficient (Wildman–Crippen LogP) is 1.48. The Labute approximate surface area is 68.2 Å². The van der Waals surface area contributed by atoms with Gasteiger partial charge in [0.25, 0.3) is 0 Å². The van der Waals surface area contributed by atoms with Crippen LogP contribution in [-0.4, -0.2) is 16.1 Å². The predicted molar refractivity (Wildman–Crippen MR) is 41.0 cm³/mol. The summed E-state index contributed by atoms with van der Waals surface area (Å²) in [5.74, 6) is -2.10. The minimum atomic E-state index is -1.31. The second kappa shape index (κ2) is 3.61. The summed E-state index contributed by atoms with van der Waals surface area (Å²) in [6.07, 6.45) is 3.24. The number of hydrogen-bond donors (Lipinski definition) is 1.